The minimum atomic E-state index is -1.04. The summed E-state index contributed by atoms with van der Waals surface area (Å²) in [6.45, 7) is 0. The van der Waals surface area contributed by atoms with Gasteiger partial charge in [-0.2, -0.15) is 0 Å². The number of aliphatic carboxylic acids is 1. The number of nitrogens with one attached hydrogen (secondary N) is 2. The topological polar surface area (TPSA) is 139 Å². The first-order valence-electron chi connectivity index (χ1n) is 7.48. The van der Waals surface area contributed by atoms with Crippen molar-refractivity contribution in [3.05, 3.63) is 39.9 Å². The molecule has 1 aromatic rings. The number of benzene rings is 1. The molecule has 0 heterocycles. The average molecular weight is 335 g/mol. The standard InChI is InChI=1S/C15H17N3O6/c19-13(9-5-1-2-6-10(9)15(21)22)16-17-14(20)11-7-3-4-8-12(11)18(23)24/h3-4,7-10H,1-2,5-6H2,(H,16,19)(H,17,20)(H,21,22)/t9-,10+/m0/s1. The zero-order valence-corrected chi connectivity index (χ0v) is 12.7. The van der Waals surface area contributed by atoms with Crippen LogP contribution in [0.25, 0.3) is 0 Å². The molecule has 0 spiro atoms. The van der Waals surface area contributed by atoms with Crippen molar-refractivity contribution < 1.29 is 24.4 Å². The van der Waals surface area contributed by atoms with Crippen molar-refractivity contribution in [2.24, 2.45) is 11.8 Å². The molecular weight excluding hydrogens is 318 g/mol. The summed E-state index contributed by atoms with van der Waals surface area (Å²) < 4.78 is 0. The van der Waals surface area contributed by atoms with E-state index in [2.05, 4.69) is 10.9 Å². The maximum Gasteiger partial charge on any atom is 0.307 e. The summed E-state index contributed by atoms with van der Waals surface area (Å²) in [7, 11) is 0. The van der Waals surface area contributed by atoms with Gasteiger partial charge >= 0.3 is 5.97 Å². The number of carboxylic acid groups (broad SMARTS) is 1. The molecule has 1 saturated carbocycles. The number of carboxylic acids is 1. The van der Waals surface area contributed by atoms with E-state index in [0.717, 1.165) is 12.8 Å². The molecule has 1 aliphatic carbocycles. The van der Waals surface area contributed by atoms with E-state index in [0.29, 0.717) is 12.8 Å². The minimum absolute atomic E-state index is 0.193. The van der Waals surface area contributed by atoms with Gasteiger partial charge in [-0.25, -0.2) is 0 Å². The monoisotopic (exact) mass is 335 g/mol. The number of hydrogen-bond donors (Lipinski definition) is 3. The van der Waals surface area contributed by atoms with Gasteiger partial charge in [0.1, 0.15) is 5.56 Å². The van der Waals surface area contributed by atoms with E-state index < -0.39 is 34.5 Å². The van der Waals surface area contributed by atoms with E-state index in [4.69, 9.17) is 5.11 Å². The van der Waals surface area contributed by atoms with Crippen LogP contribution in [-0.2, 0) is 9.59 Å². The summed E-state index contributed by atoms with van der Waals surface area (Å²) in [5, 5.41) is 20.1. The molecule has 3 N–H and O–H groups in total. The third-order valence-electron chi connectivity index (χ3n) is 4.06. The molecule has 1 fully saturated rings. The van der Waals surface area contributed by atoms with Crippen LogP contribution >= 0.6 is 0 Å². The zero-order valence-electron chi connectivity index (χ0n) is 12.7. The van der Waals surface area contributed by atoms with Crippen LogP contribution in [0.3, 0.4) is 0 Å². The van der Waals surface area contributed by atoms with Gasteiger partial charge in [0.05, 0.1) is 16.8 Å². The Morgan fingerprint density at radius 3 is 2.33 bits per heavy atom. The van der Waals surface area contributed by atoms with E-state index in [1.807, 2.05) is 0 Å². The Kier molecular flexibility index (Phi) is 5.46. The quantitative estimate of drug-likeness (QED) is 0.559. The maximum absolute atomic E-state index is 12.1. The molecule has 9 heteroatoms. The van der Waals surface area contributed by atoms with Crippen molar-refractivity contribution in [1.29, 1.82) is 0 Å². The highest BCUT2D eigenvalue weighted by atomic mass is 16.6. The molecule has 0 saturated heterocycles. The van der Waals surface area contributed by atoms with Crippen molar-refractivity contribution in [2.45, 2.75) is 25.7 Å². The van der Waals surface area contributed by atoms with Crippen LogP contribution in [0.1, 0.15) is 36.0 Å². The van der Waals surface area contributed by atoms with Gasteiger partial charge in [0.25, 0.3) is 11.6 Å². The summed E-state index contributed by atoms with van der Waals surface area (Å²) in [4.78, 5) is 45.6. The van der Waals surface area contributed by atoms with Gasteiger partial charge in [0.15, 0.2) is 0 Å². The Hall–Kier alpha value is -2.97. The van der Waals surface area contributed by atoms with Crippen LogP contribution < -0.4 is 10.9 Å². The number of nitro groups is 1. The molecule has 0 radical (unpaired) electrons. The fourth-order valence-electron chi connectivity index (χ4n) is 2.84. The summed E-state index contributed by atoms with van der Waals surface area (Å²) in [6.07, 6.45) is 2.30. The maximum atomic E-state index is 12.1. The second-order valence-corrected chi connectivity index (χ2v) is 5.55. The molecule has 128 valence electrons. The first-order valence-corrected chi connectivity index (χ1v) is 7.48. The lowest BCUT2D eigenvalue weighted by Crippen LogP contribution is -2.48. The first-order chi connectivity index (χ1) is 11.4. The Balaban J connectivity index is 2.02. The van der Waals surface area contributed by atoms with E-state index in [1.54, 1.807) is 0 Å². The smallest absolute Gasteiger partial charge is 0.307 e. The van der Waals surface area contributed by atoms with Crippen LogP contribution in [0.4, 0.5) is 5.69 Å². The van der Waals surface area contributed by atoms with Crippen molar-refractivity contribution in [2.75, 3.05) is 0 Å². The van der Waals surface area contributed by atoms with Crippen molar-refractivity contribution in [1.82, 2.24) is 10.9 Å². The van der Waals surface area contributed by atoms with E-state index >= 15 is 0 Å². The van der Waals surface area contributed by atoms with Crippen LogP contribution in [0, 0.1) is 22.0 Å². The van der Waals surface area contributed by atoms with Gasteiger partial charge in [-0.05, 0) is 18.9 Å². The summed E-state index contributed by atoms with van der Waals surface area (Å²) in [5.74, 6) is -4.00. The summed E-state index contributed by atoms with van der Waals surface area (Å²) in [6, 6.07) is 5.33. The third kappa shape index (κ3) is 3.86. The normalized spacial score (nSPS) is 20.0. The number of hydrogen-bond acceptors (Lipinski definition) is 5. The van der Waals surface area contributed by atoms with Crippen LogP contribution in [-0.4, -0.2) is 27.8 Å². The Morgan fingerprint density at radius 2 is 1.71 bits per heavy atom. The van der Waals surface area contributed by atoms with Gasteiger partial charge < -0.3 is 5.11 Å². The van der Waals surface area contributed by atoms with E-state index in [-0.39, 0.29) is 11.3 Å². The number of carbonyl (C=O) groups is 3. The Labute approximate surface area is 137 Å². The lowest BCUT2D eigenvalue weighted by atomic mass is 9.79. The number of nitro benzene ring substituents is 1. The second kappa shape index (κ2) is 7.53. The fourth-order valence-corrected chi connectivity index (χ4v) is 2.84. The largest absolute Gasteiger partial charge is 0.481 e. The molecule has 2 atom stereocenters. The molecule has 2 amide bonds. The van der Waals surface area contributed by atoms with Gasteiger partial charge in [-0.1, -0.05) is 25.0 Å². The summed E-state index contributed by atoms with van der Waals surface area (Å²) in [5.41, 5.74) is 3.71. The molecule has 0 unspecified atom stereocenters. The van der Waals surface area contributed by atoms with Crippen molar-refractivity contribution in [3.63, 3.8) is 0 Å². The molecule has 24 heavy (non-hydrogen) atoms. The van der Waals surface area contributed by atoms with Crippen molar-refractivity contribution >= 4 is 23.5 Å². The lowest BCUT2D eigenvalue weighted by Gasteiger charge is -2.27. The highest BCUT2D eigenvalue weighted by Gasteiger charge is 2.36. The van der Waals surface area contributed by atoms with E-state index in [1.165, 1.54) is 24.3 Å². The third-order valence-corrected chi connectivity index (χ3v) is 4.06. The molecule has 9 nitrogen and oxygen atoms in total. The molecule has 1 aromatic carbocycles. The Bertz CT molecular complexity index is 675. The number of hydrazine groups is 1. The molecular formula is C15H17N3O6. The molecule has 0 aromatic heterocycles. The molecule has 1 aliphatic rings. The average Bonchev–Trinajstić information content (AvgIpc) is 2.59. The predicted octanol–water partition coefficient (Wildman–Crippen LogP) is 1.25. The second-order valence-electron chi connectivity index (χ2n) is 5.55. The molecule has 0 bridgehead atoms. The van der Waals surface area contributed by atoms with Gasteiger partial charge in [0, 0.05) is 6.07 Å². The SMILES string of the molecule is O=C(NNC(=O)[C@H]1CCCC[C@H]1C(=O)O)c1ccccc1[N+](=O)[O-]. The number of rotatable bonds is 4. The number of amides is 2. The highest BCUT2D eigenvalue weighted by molar-refractivity contribution is 5.99. The van der Waals surface area contributed by atoms with E-state index in [9.17, 15) is 24.5 Å². The minimum Gasteiger partial charge on any atom is -0.481 e. The molecule has 2 rings (SSSR count). The van der Waals surface area contributed by atoms with Crippen LogP contribution in [0.2, 0.25) is 0 Å². The number of carbonyl (C=O) groups excluding carboxylic acids is 2. The van der Waals surface area contributed by atoms with Gasteiger partial charge in [-0.3, -0.25) is 35.3 Å². The fraction of sp³-hybridized carbons (Fsp3) is 0.400. The van der Waals surface area contributed by atoms with Crippen LogP contribution in [0.15, 0.2) is 24.3 Å². The summed E-state index contributed by atoms with van der Waals surface area (Å²) >= 11 is 0. The zero-order chi connectivity index (χ0) is 17.7. The molecule has 0 aliphatic heterocycles. The first kappa shape index (κ1) is 17.4. The number of nitrogens with zero attached hydrogens (tertiary/aromatic N) is 1. The van der Waals surface area contributed by atoms with Crippen molar-refractivity contribution in [3.8, 4) is 0 Å². The highest BCUT2D eigenvalue weighted by Crippen LogP contribution is 2.30. The van der Waals surface area contributed by atoms with Gasteiger partial charge in [-0.15, -0.1) is 0 Å². The van der Waals surface area contributed by atoms with Gasteiger partial charge in [0.2, 0.25) is 5.91 Å². The Morgan fingerprint density at radius 1 is 1.08 bits per heavy atom. The van der Waals surface area contributed by atoms with Crippen LogP contribution in [0.5, 0.6) is 0 Å². The predicted molar refractivity (Wildman–Crippen MR) is 81.8 cm³/mol. The lowest BCUT2D eigenvalue weighted by molar-refractivity contribution is -0.385. The number of para-hydroxylation sites is 1.